The summed E-state index contributed by atoms with van der Waals surface area (Å²) in [5.41, 5.74) is 1.68. The smallest absolute Gasteiger partial charge is 0.271 e. The summed E-state index contributed by atoms with van der Waals surface area (Å²) in [4.78, 5) is 22.0. The lowest BCUT2D eigenvalue weighted by molar-refractivity contribution is -0.384. The number of benzene rings is 2. The largest absolute Gasteiger partial charge is 0.484 e. The van der Waals surface area contributed by atoms with Crippen LogP contribution in [0.15, 0.2) is 36.4 Å². The van der Waals surface area contributed by atoms with Crippen molar-refractivity contribution < 1.29 is 18.8 Å². The van der Waals surface area contributed by atoms with Crippen LogP contribution in [0.3, 0.4) is 0 Å². The highest BCUT2D eigenvalue weighted by Crippen LogP contribution is 2.24. The molecule has 7 heteroatoms. The Balaban J connectivity index is 2.01. The summed E-state index contributed by atoms with van der Waals surface area (Å²) in [6.45, 7) is 5.80. The van der Waals surface area contributed by atoms with E-state index in [4.69, 9.17) is 4.74 Å². The first-order chi connectivity index (χ1) is 11.8. The van der Waals surface area contributed by atoms with E-state index in [-0.39, 0.29) is 18.0 Å². The number of nitro benzene ring substituents is 1. The first kappa shape index (κ1) is 18.4. The Morgan fingerprint density at radius 1 is 1.28 bits per heavy atom. The van der Waals surface area contributed by atoms with Gasteiger partial charge in [0, 0.05) is 12.1 Å². The zero-order valence-corrected chi connectivity index (χ0v) is 14.2. The second kappa shape index (κ2) is 7.74. The molecule has 0 fully saturated rings. The Labute approximate surface area is 144 Å². The molecule has 1 N–H and O–H groups in total. The van der Waals surface area contributed by atoms with Crippen LogP contribution in [0, 0.1) is 22.9 Å². The standard InChI is InChI=1S/C18H19FN2O4/c1-11(2)15-6-5-14(8-12(15)3)25-10-18(22)20-17-9-13(21(23)24)4-7-16(17)19/h4-9,11H,10H2,1-3H3,(H,20,22). The molecule has 0 aliphatic heterocycles. The fraction of sp³-hybridized carbons (Fsp3) is 0.278. The lowest BCUT2D eigenvalue weighted by Gasteiger charge is -2.12. The molecule has 2 aromatic rings. The molecule has 0 bridgehead atoms. The lowest BCUT2D eigenvalue weighted by Crippen LogP contribution is -2.21. The quantitative estimate of drug-likeness (QED) is 0.628. The highest BCUT2D eigenvalue weighted by Gasteiger charge is 2.13. The van der Waals surface area contributed by atoms with Crippen LogP contribution in [0.5, 0.6) is 5.75 Å². The van der Waals surface area contributed by atoms with Gasteiger partial charge in [0.1, 0.15) is 11.6 Å². The molecule has 0 aliphatic rings. The van der Waals surface area contributed by atoms with Gasteiger partial charge in [0.05, 0.1) is 10.6 Å². The van der Waals surface area contributed by atoms with Gasteiger partial charge in [-0.25, -0.2) is 4.39 Å². The van der Waals surface area contributed by atoms with Crippen LogP contribution >= 0.6 is 0 Å². The molecule has 0 aliphatic carbocycles. The minimum atomic E-state index is -0.754. The predicted molar refractivity (Wildman–Crippen MR) is 92.4 cm³/mol. The number of carbonyl (C=O) groups is 1. The van der Waals surface area contributed by atoms with E-state index in [0.717, 1.165) is 23.8 Å². The van der Waals surface area contributed by atoms with E-state index >= 15 is 0 Å². The molecule has 132 valence electrons. The van der Waals surface area contributed by atoms with Crippen LogP contribution in [0.4, 0.5) is 15.8 Å². The fourth-order valence-corrected chi connectivity index (χ4v) is 2.44. The van der Waals surface area contributed by atoms with Crippen molar-refractivity contribution in [2.45, 2.75) is 26.7 Å². The van der Waals surface area contributed by atoms with E-state index in [1.54, 1.807) is 6.07 Å². The van der Waals surface area contributed by atoms with Crippen LogP contribution < -0.4 is 10.1 Å². The summed E-state index contributed by atoms with van der Waals surface area (Å²) in [5, 5.41) is 13.0. The van der Waals surface area contributed by atoms with Crippen molar-refractivity contribution in [2.75, 3.05) is 11.9 Å². The average molecular weight is 346 g/mol. The Morgan fingerprint density at radius 2 is 2.00 bits per heavy atom. The second-order valence-corrected chi connectivity index (χ2v) is 5.93. The summed E-state index contributed by atoms with van der Waals surface area (Å²) in [6.07, 6.45) is 0. The van der Waals surface area contributed by atoms with Gasteiger partial charge in [-0.15, -0.1) is 0 Å². The van der Waals surface area contributed by atoms with Crippen molar-refractivity contribution in [2.24, 2.45) is 0 Å². The van der Waals surface area contributed by atoms with Crippen LogP contribution in [-0.2, 0) is 4.79 Å². The number of anilines is 1. The molecule has 2 rings (SSSR count). The van der Waals surface area contributed by atoms with E-state index in [0.29, 0.717) is 11.7 Å². The molecule has 0 aromatic heterocycles. The Bertz CT molecular complexity index is 806. The number of non-ortho nitro benzene ring substituents is 1. The zero-order valence-electron chi connectivity index (χ0n) is 14.2. The van der Waals surface area contributed by atoms with Gasteiger partial charge in [0.2, 0.25) is 0 Å². The number of nitrogens with zero attached hydrogens (tertiary/aromatic N) is 1. The maximum absolute atomic E-state index is 13.7. The number of hydrogen-bond acceptors (Lipinski definition) is 4. The van der Waals surface area contributed by atoms with Crippen molar-refractivity contribution in [3.8, 4) is 5.75 Å². The van der Waals surface area contributed by atoms with Crippen LogP contribution in [0.1, 0.15) is 30.9 Å². The molecule has 6 nitrogen and oxygen atoms in total. The number of nitro groups is 1. The first-order valence-electron chi connectivity index (χ1n) is 7.75. The van der Waals surface area contributed by atoms with Gasteiger partial charge in [-0.1, -0.05) is 19.9 Å². The molecule has 0 saturated carbocycles. The number of amides is 1. The topological polar surface area (TPSA) is 81.5 Å². The Morgan fingerprint density at radius 3 is 2.60 bits per heavy atom. The van der Waals surface area contributed by atoms with Crippen molar-refractivity contribution >= 4 is 17.3 Å². The number of rotatable bonds is 6. The van der Waals surface area contributed by atoms with E-state index in [1.807, 2.05) is 19.1 Å². The SMILES string of the molecule is Cc1cc(OCC(=O)Nc2cc([N+](=O)[O-])ccc2F)ccc1C(C)C. The van der Waals surface area contributed by atoms with Gasteiger partial charge in [-0.2, -0.15) is 0 Å². The highest BCUT2D eigenvalue weighted by molar-refractivity contribution is 5.92. The van der Waals surface area contributed by atoms with Gasteiger partial charge in [0.25, 0.3) is 11.6 Å². The third kappa shape index (κ3) is 4.76. The minimum Gasteiger partial charge on any atom is -0.484 e. The summed E-state index contributed by atoms with van der Waals surface area (Å²) >= 11 is 0. The molecular weight excluding hydrogens is 327 g/mol. The lowest BCUT2D eigenvalue weighted by atomic mass is 9.98. The molecule has 1 amide bonds. The molecular formula is C18H19FN2O4. The maximum Gasteiger partial charge on any atom is 0.271 e. The van der Waals surface area contributed by atoms with Gasteiger partial charge >= 0.3 is 0 Å². The van der Waals surface area contributed by atoms with E-state index < -0.39 is 16.6 Å². The van der Waals surface area contributed by atoms with Crippen molar-refractivity contribution in [3.63, 3.8) is 0 Å². The maximum atomic E-state index is 13.7. The zero-order chi connectivity index (χ0) is 18.6. The van der Waals surface area contributed by atoms with Crippen molar-refractivity contribution in [1.29, 1.82) is 0 Å². The number of halogens is 1. The molecule has 2 aromatic carbocycles. The van der Waals surface area contributed by atoms with Gasteiger partial charge in [-0.05, 0) is 42.2 Å². The van der Waals surface area contributed by atoms with E-state index in [2.05, 4.69) is 19.2 Å². The number of ether oxygens (including phenoxy) is 1. The molecule has 25 heavy (non-hydrogen) atoms. The number of nitrogens with one attached hydrogen (secondary N) is 1. The third-order valence-corrected chi connectivity index (χ3v) is 3.67. The summed E-state index contributed by atoms with van der Waals surface area (Å²) < 4.78 is 19.1. The first-order valence-corrected chi connectivity index (χ1v) is 7.75. The Hall–Kier alpha value is -2.96. The van der Waals surface area contributed by atoms with Gasteiger partial charge < -0.3 is 10.1 Å². The summed E-state index contributed by atoms with van der Waals surface area (Å²) in [7, 11) is 0. The molecule has 0 heterocycles. The average Bonchev–Trinajstić information content (AvgIpc) is 2.54. The second-order valence-electron chi connectivity index (χ2n) is 5.93. The van der Waals surface area contributed by atoms with Crippen LogP contribution in [-0.4, -0.2) is 17.4 Å². The van der Waals surface area contributed by atoms with Gasteiger partial charge in [0.15, 0.2) is 6.61 Å². The molecule has 0 saturated heterocycles. The molecule has 0 atom stereocenters. The highest BCUT2D eigenvalue weighted by atomic mass is 19.1. The van der Waals surface area contributed by atoms with Crippen LogP contribution in [0.25, 0.3) is 0 Å². The fourth-order valence-electron chi connectivity index (χ4n) is 2.44. The summed E-state index contributed by atoms with van der Waals surface area (Å²) in [5.74, 6) is -0.452. The number of hydrogen-bond donors (Lipinski definition) is 1. The Kier molecular flexibility index (Phi) is 5.69. The van der Waals surface area contributed by atoms with Crippen molar-refractivity contribution in [1.82, 2.24) is 0 Å². The molecule has 0 unspecified atom stereocenters. The van der Waals surface area contributed by atoms with E-state index in [1.165, 1.54) is 5.56 Å². The summed E-state index contributed by atoms with van der Waals surface area (Å²) in [6, 6.07) is 8.46. The van der Waals surface area contributed by atoms with Gasteiger partial charge in [-0.3, -0.25) is 14.9 Å². The predicted octanol–water partition coefficient (Wildman–Crippen LogP) is 4.18. The number of carbonyl (C=O) groups excluding carboxylic acids is 1. The monoisotopic (exact) mass is 346 g/mol. The number of aryl methyl sites for hydroxylation is 1. The molecule has 0 spiro atoms. The minimum absolute atomic E-state index is 0.255. The normalized spacial score (nSPS) is 10.6. The van der Waals surface area contributed by atoms with Crippen LogP contribution in [0.2, 0.25) is 0 Å². The van der Waals surface area contributed by atoms with Crippen molar-refractivity contribution in [3.05, 3.63) is 63.5 Å². The molecule has 0 radical (unpaired) electrons. The van der Waals surface area contributed by atoms with E-state index in [9.17, 15) is 19.3 Å². The third-order valence-electron chi connectivity index (χ3n) is 3.67.